The molecule has 2 rings (SSSR count). The number of rotatable bonds is 2. The Morgan fingerprint density at radius 1 is 1.27 bits per heavy atom. The van der Waals surface area contributed by atoms with E-state index in [1.807, 2.05) is 10.8 Å². The second kappa shape index (κ2) is 4.55. The molecule has 76 valence electrons. The van der Waals surface area contributed by atoms with Gasteiger partial charge in [0.05, 0.1) is 0 Å². The van der Waals surface area contributed by atoms with Crippen LogP contribution in [0, 0.1) is 0 Å². The van der Waals surface area contributed by atoms with Crippen molar-refractivity contribution in [3.05, 3.63) is 49.3 Å². The van der Waals surface area contributed by atoms with Gasteiger partial charge in [-0.05, 0) is 44.0 Å². The van der Waals surface area contributed by atoms with Crippen LogP contribution in [0.25, 0.3) is 0 Å². The molecule has 0 saturated carbocycles. The Morgan fingerprint density at radius 2 is 2.07 bits per heavy atom. The molecule has 2 aromatic heterocycles. The van der Waals surface area contributed by atoms with E-state index in [4.69, 9.17) is 0 Å². The Labute approximate surface area is 108 Å². The third-order valence-electron chi connectivity index (χ3n) is 1.83. The Bertz CT molecular complexity index is 510. The molecule has 2 heterocycles. The summed E-state index contributed by atoms with van der Waals surface area (Å²) in [7, 11) is 0. The van der Waals surface area contributed by atoms with Crippen LogP contribution >= 0.6 is 43.2 Å². The molecule has 0 spiro atoms. The molecule has 0 fully saturated rings. The molecule has 0 saturated heterocycles. The average molecular weight is 347 g/mol. The number of aromatic nitrogens is 1. The highest BCUT2D eigenvalue weighted by atomic mass is 79.9. The lowest BCUT2D eigenvalue weighted by Gasteiger charge is -2.00. The normalized spacial score (nSPS) is 10.3. The predicted molar refractivity (Wildman–Crippen MR) is 67.4 cm³/mol. The van der Waals surface area contributed by atoms with E-state index in [2.05, 4.69) is 36.8 Å². The second-order valence-corrected chi connectivity index (χ2v) is 5.25. The van der Waals surface area contributed by atoms with Gasteiger partial charge in [-0.2, -0.15) is 11.3 Å². The van der Waals surface area contributed by atoms with Crippen molar-refractivity contribution in [2.24, 2.45) is 0 Å². The molecule has 0 bridgehead atoms. The van der Waals surface area contributed by atoms with E-state index in [1.165, 1.54) is 11.3 Å². The van der Waals surface area contributed by atoms with Gasteiger partial charge in [0.25, 0.3) is 0 Å². The van der Waals surface area contributed by atoms with Gasteiger partial charge in [-0.3, -0.25) is 9.78 Å². The van der Waals surface area contributed by atoms with E-state index in [-0.39, 0.29) is 5.78 Å². The number of halogens is 2. The molecule has 15 heavy (non-hydrogen) atoms. The first-order valence-corrected chi connectivity index (χ1v) is 6.60. The molecule has 0 atom stereocenters. The highest BCUT2D eigenvalue weighted by Crippen LogP contribution is 2.25. The lowest BCUT2D eigenvalue weighted by molar-refractivity contribution is 0.103. The Morgan fingerprint density at radius 3 is 2.67 bits per heavy atom. The maximum absolute atomic E-state index is 12.0. The minimum absolute atomic E-state index is 0.0735. The van der Waals surface area contributed by atoms with Crippen LogP contribution in [0.5, 0.6) is 0 Å². The minimum Gasteiger partial charge on any atom is -0.287 e. The molecular weight excluding hydrogens is 342 g/mol. The number of carbonyl (C=O) groups excluding carboxylic acids is 1. The molecule has 0 aliphatic carbocycles. The van der Waals surface area contributed by atoms with E-state index >= 15 is 0 Å². The monoisotopic (exact) mass is 345 g/mol. The van der Waals surface area contributed by atoms with Crippen molar-refractivity contribution >= 4 is 49.0 Å². The quantitative estimate of drug-likeness (QED) is 0.772. The fourth-order valence-corrected chi connectivity index (χ4v) is 3.01. The highest BCUT2D eigenvalue weighted by molar-refractivity contribution is 9.11. The van der Waals surface area contributed by atoms with Crippen molar-refractivity contribution in [3.63, 3.8) is 0 Å². The largest absolute Gasteiger partial charge is 0.287 e. The molecule has 0 unspecified atom stereocenters. The van der Waals surface area contributed by atoms with Gasteiger partial charge >= 0.3 is 0 Å². The van der Waals surface area contributed by atoms with Crippen LogP contribution in [-0.4, -0.2) is 10.8 Å². The van der Waals surface area contributed by atoms with Gasteiger partial charge in [-0.25, -0.2) is 0 Å². The van der Waals surface area contributed by atoms with Crippen molar-refractivity contribution in [3.8, 4) is 0 Å². The van der Waals surface area contributed by atoms with Crippen molar-refractivity contribution < 1.29 is 4.79 Å². The number of hydrogen-bond acceptors (Lipinski definition) is 3. The van der Waals surface area contributed by atoms with Crippen LogP contribution < -0.4 is 0 Å². The van der Waals surface area contributed by atoms with Crippen molar-refractivity contribution in [2.45, 2.75) is 0 Å². The molecule has 0 amide bonds. The summed E-state index contributed by atoms with van der Waals surface area (Å²) in [6, 6.07) is 3.59. The molecule has 2 aromatic rings. The van der Waals surface area contributed by atoms with Gasteiger partial charge < -0.3 is 0 Å². The van der Waals surface area contributed by atoms with Crippen LogP contribution in [0.15, 0.2) is 38.0 Å². The molecule has 0 aromatic carbocycles. The van der Waals surface area contributed by atoms with Gasteiger partial charge in [0.2, 0.25) is 5.78 Å². The zero-order chi connectivity index (χ0) is 10.8. The summed E-state index contributed by atoms with van der Waals surface area (Å²) in [5.41, 5.74) is 1.09. The minimum atomic E-state index is -0.0735. The van der Waals surface area contributed by atoms with Gasteiger partial charge in [-0.15, -0.1) is 0 Å². The molecule has 0 N–H and O–H groups in total. The molecule has 2 nitrogen and oxygen atoms in total. The molecule has 0 aliphatic heterocycles. The molecule has 5 heteroatoms. The van der Waals surface area contributed by atoms with Crippen molar-refractivity contribution in [1.82, 2.24) is 4.98 Å². The van der Waals surface area contributed by atoms with Crippen molar-refractivity contribution in [2.75, 3.05) is 0 Å². The van der Waals surface area contributed by atoms with Gasteiger partial charge in [0.1, 0.15) is 5.69 Å². The summed E-state index contributed by atoms with van der Waals surface area (Å²) in [5.74, 6) is -0.0735. The number of thiophene rings is 1. The van der Waals surface area contributed by atoms with E-state index < -0.39 is 0 Å². The molecular formula is C10H5Br2NOS. The van der Waals surface area contributed by atoms with E-state index in [0.717, 1.165) is 4.47 Å². The number of nitrogens with zero attached hydrogens (tertiary/aromatic N) is 1. The van der Waals surface area contributed by atoms with Gasteiger partial charge in [-0.1, -0.05) is 0 Å². The van der Waals surface area contributed by atoms with Crippen LogP contribution in [0.4, 0.5) is 0 Å². The van der Waals surface area contributed by atoms with Gasteiger partial charge in [0.15, 0.2) is 0 Å². The number of hydrogen-bond donors (Lipinski definition) is 0. The van der Waals surface area contributed by atoms with E-state index in [9.17, 15) is 4.79 Å². The summed E-state index contributed by atoms with van der Waals surface area (Å²) < 4.78 is 1.53. The molecule has 0 aliphatic rings. The fraction of sp³-hybridized carbons (Fsp3) is 0. The summed E-state index contributed by atoms with van der Waals surface area (Å²) in [6.07, 6.45) is 1.61. The Balaban J connectivity index is 2.46. The Hall–Kier alpha value is -0.520. The number of pyridine rings is 1. The summed E-state index contributed by atoms with van der Waals surface area (Å²) >= 11 is 8.13. The lowest BCUT2D eigenvalue weighted by atomic mass is 10.1. The summed E-state index contributed by atoms with van der Waals surface area (Å²) in [4.78, 5) is 16.1. The lowest BCUT2D eigenvalue weighted by Crippen LogP contribution is -2.04. The molecule has 0 radical (unpaired) electrons. The number of carbonyl (C=O) groups is 1. The maximum atomic E-state index is 12.0. The summed E-state index contributed by atoms with van der Waals surface area (Å²) in [6.45, 7) is 0. The highest BCUT2D eigenvalue weighted by Gasteiger charge is 2.16. The average Bonchev–Trinajstić information content (AvgIpc) is 2.64. The zero-order valence-electron chi connectivity index (χ0n) is 7.41. The second-order valence-electron chi connectivity index (χ2n) is 2.80. The number of ketones is 1. The zero-order valence-corrected chi connectivity index (χ0v) is 11.4. The smallest absolute Gasteiger partial charge is 0.214 e. The van der Waals surface area contributed by atoms with Crippen LogP contribution in [-0.2, 0) is 0 Å². The topological polar surface area (TPSA) is 30.0 Å². The fourth-order valence-electron chi connectivity index (χ4n) is 1.12. The standard InChI is InChI=1S/C10H5Br2NOS/c11-7-2-1-3-13-9(7)10(14)6-4-15-5-8(6)12/h1-5H. The third-order valence-corrected chi connectivity index (χ3v) is 4.18. The maximum Gasteiger partial charge on any atom is 0.214 e. The van der Waals surface area contributed by atoms with Crippen LogP contribution in [0.1, 0.15) is 16.1 Å². The van der Waals surface area contributed by atoms with E-state index in [1.54, 1.807) is 18.3 Å². The van der Waals surface area contributed by atoms with Crippen LogP contribution in [0.3, 0.4) is 0 Å². The Kier molecular flexibility index (Phi) is 3.33. The predicted octanol–water partition coefficient (Wildman–Crippen LogP) is 3.90. The SMILES string of the molecule is O=C(c1cscc1Br)c1ncccc1Br. The summed E-state index contributed by atoms with van der Waals surface area (Å²) in [5, 5.41) is 3.69. The first kappa shape index (κ1) is 11.0. The van der Waals surface area contributed by atoms with Crippen LogP contribution in [0.2, 0.25) is 0 Å². The first-order valence-electron chi connectivity index (χ1n) is 4.07. The first-order chi connectivity index (χ1) is 7.20. The van der Waals surface area contributed by atoms with Crippen molar-refractivity contribution in [1.29, 1.82) is 0 Å². The third kappa shape index (κ3) is 2.19. The van der Waals surface area contributed by atoms with E-state index in [0.29, 0.717) is 15.7 Å². The van der Waals surface area contributed by atoms with Gasteiger partial charge in [0, 0.05) is 31.5 Å².